The number of halogens is 2. The lowest BCUT2D eigenvalue weighted by Crippen LogP contribution is -2.20. The molecule has 0 saturated carbocycles. The molecule has 0 saturated heterocycles. The number of hydrogen-bond acceptors (Lipinski definition) is 3. The van der Waals surface area contributed by atoms with E-state index in [-0.39, 0.29) is 16.5 Å². The first-order valence-electron chi connectivity index (χ1n) is 4.31. The van der Waals surface area contributed by atoms with E-state index in [1.54, 1.807) is 0 Å². The predicted molar refractivity (Wildman–Crippen MR) is 50.9 cm³/mol. The summed E-state index contributed by atoms with van der Waals surface area (Å²) < 4.78 is 26.3. The second kappa shape index (κ2) is 3.82. The predicted octanol–water partition coefficient (Wildman–Crippen LogP) is 1.63. The van der Waals surface area contributed by atoms with E-state index >= 15 is 0 Å². The van der Waals surface area contributed by atoms with Gasteiger partial charge < -0.3 is 0 Å². The molecule has 0 spiro atoms. The maximum atomic E-state index is 13.3. The third-order valence-electron chi connectivity index (χ3n) is 2.11. The molecule has 2 aromatic rings. The summed E-state index contributed by atoms with van der Waals surface area (Å²) in [7, 11) is 0. The Kier molecular flexibility index (Phi) is 2.49. The molecule has 0 atom stereocenters. The van der Waals surface area contributed by atoms with Crippen LogP contribution < -0.4 is 5.48 Å². The molecule has 0 aliphatic rings. The lowest BCUT2D eigenvalue weighted by Gasteiger charge is -2.04. The smallest absolute Gasteiger partial charge is 0.288 e. The molecule has 0 aliphatic heterocycles. The highest BCUT2D eigenvalue weighted by atomic mass is 19.1. The van der Waals surface area contributed by atoms with Gasteiger partial charge >= 0.3 is 0 Å². The Balaban J connectivity index is 2.81. The van der Waals surface area contributed by atoms with Crippen LogP contribution >= 0.6 is 0 Å². The molecular formula is C10H6F2N2O2. The third-order valence-corrected chi connectivity index (χ3v) is 2.11. The molecule has 6 heteroatoms. The number of fused-ring (bicyclic) bond motifs is 1. The number of hydroxylamine groups is 1. The number of nitrogens with one attached hydrogen (secondary N) is 1. The van der Waals surface area contributed by atoms with E-state index in [0.29, 0.717) is 6.07 Å². The Hall–Kier alpha value is -2.08. The van der Waals surface area contributed by atoms with E-state index in [0.717, 1.165) is 6.07 Å². The van der Waals surface area contributed by atoms with Crippen LogP contribution in [0.2, 0.25) is 0 Å². The van der Waals surface area contributed by atoms with Crippen LogP contribution in [0.4, 0.5) is 8.78 Å². The summed E-state index contributed by atoms with van der Waals surface area (Å²) in [6, 6.07) is 3.01. The highest BCUT2D eigenvalue weighted by Gasteiger charge is 2.13. The average Bonchev–Trinajstić information content (AvgIpc) is 2.27. The van der Waals surface area contributed by atoms with Gasteiger partial charge in [0.1, 0.15) is 17.3 Å². The van der Waals surface area contributed by atoms with Gasteiger partial charge in [-0.1, -0.05) is 0 Å². The second-order valence-electron chi connectivity index (χ2n) is 3.08. The third kappa shape index (κ3) is 1.59. The molecule has 1 aromatic carbocycles. The van der Waals surface area contributed by atoms with Crippen LogP contribution in [0.3, 0.4) is 0 Å². The molecule has 82 valence electrons. The van der Waals surface area contributed by atoms with Crippen molar-refractivity contribution in [2.24, 2.45) is 0 Å². The Morgan fingerprint density at radius 3 is 2.75 bits per heavy atom. The van der Waals surface area contributed by atoms with Gasteiger partial charge in [-0.05, 0) is 12.1 Å². The van der Waals surface area contributed by atoms with Crippen LogP contribution in [-0.2, 0) is 0 Å². The largest absolute Gasteiger partial charge is 0.293 e. The molecule has 2 N–H and O–H groups in total. The lowest BCUT2D eigenvalue weighted by molar-refractivity contribution is 0.0703. The Labute approximate surface area is 88.5 Å². The molecule has 0 aliphatic carbocycles. The minimum Gasteiger partial charge on any atom is -0.288 e. The van der Waals surface area contributed by atoms with Crippen molar-refractivity contribution in [1.82, 2.24) is 10.5 Å². The molecule has 4 nitrogen and oxygen atoms in total. The number of nitrogens with zero attached hydrogens (tertiary/aromatic N) is 1. The zero-order valence-electron chi connectivity index (χ0n) is 7.87. The first kappa shape index (κ1) is 10.4. The number of rotatable bonds is 1. The second-order valence-corrected chi connectivity index (χ2v) is 3.08. The maximum Gasteiger partial charge on any atom is 0.293 e. The molecule has 0 bridgehead atoms. The Morgan fingerprint density at radius 1 is 1.31 bits per heavy atom. The molecule has 1 heterocycles. The van der Waals surface area contributed by atoms with E-state index in [9.17, 15) is 13.6 Å². The standard InChI is InChI=1S/C10H6F2N2O2/c11-5-3-7-6(8(12)4-5)1-2-13-9(7)10(15)14-16/h1-4,16H,(H,14,15). The molecule has 1 amide bonds. The Bertz CT molecular complexity index is 572. The minimum atomic E-state index is -0.921. The van der Waals surface area contributed by atoms with Crippen molar-refractivity contribution in [2.75, 3.05) is 0 Å². The minimum absolute atomic E-state index is 0.00606. The summed E-state index contributed by atoms with van der Waals surface area (Å²) in [6.07, 6.45) is 1.20. The highest BCUT2D eigenvalue weighted by Crippen LogP contribution is 2.21. The number of pyridine rings is 1. The molecule has 0 fully saturated rings. The molecule has 2 rings (SSSR count). The number of hydrogen-bond donors (Lipinski definition) is 2. The summed E-state index contributed by atoms with van der Waals surface area (Å²) >= 11 is 0. The van der Waals surface area contributed by atoms with Gasteiger partial charge in [-0.25, -0.2) is 14.3 Å². The first-order chi connectivity index (χ1) is 7.63. The highest BCUT2D eigenvalue weighted by molar-refractivity contribution is 6.04. The molecule has 0 unspecified atom stereocenters. The molecular weight excluding hydrogens is 218 g/mol. The van der Waals surface area contributed by atoms with Gasteiger partial charge in [0.25, 0.3) is 5.91 Å². The fourth-order valence-electron chi connectivity index (χ4n) is 1.44. The fourth-order valence-corrected chi connectivity index (χ4v) is 1.44. The van der Waals surface area contributed by atoms with E-state index in [4.69, 9.17) is 5.21 Å². The van der Waals surface area contributed by atoms with Crippen molar-refractivity contribution in [1.29, 1.82) is 0 Å². The zero-order valence-corrected chi connectivity index (χ0v) is 7.87. The van der Waals surface area contributed by atoms with Gasteiger partial charge in [0, 0.05) is 23.0 Å². The van der Waals surface area contributed by atoms with Crippen molar-refractivity contribution in [3.63, 3.8) is 0 Å². The van der Waals surface area contributed by atoms with Crippen LogP contribution in [0.5, 0.6) is 0 Å². The van der Waals surface area contributed by atoms with Crippen LogP contribution in [-0.4, -0.2) is 16.1 Å². The molecule has 16 heavy (non-hydrogen) atoms. The number of amides is 1. The SMILES string of the molecule is O=C(NO)c1nccc2c(F)cc(F)cc12. The van der Waals surface area contributed by atoms with E-state index in [1.165, 1.54) is 17.7 Å². The first-order valence-corrected chi connectivity index (χ1v) is 4.31. The van der Waals surface area contributed by atoms with Gasteiger partial charge in [0.2, 0.25) is 0 Å². The van der Waals surface area contributed by atoms with Gasteiger partial charge in [-0.2, -0.15) is 0 Å². The molecule has 0 radical (unpaired) electrons. The summed E-state index contributed by atoms with van der Waals surface area (Å²) in [5.41, 5.74) is 1.13. The zero-order chi connectivity index (χ0) is 11.7. The quantitative estimate of drug-likeness (QED) is 0.571. The number of benzene rings is 1. The summed E-state index contributed by atoms with van der Waals surface area (Å²) in [5, 5.41) is 8.53. The van der Waals surface area contributed by atoms with Crippen LogP contribution in [0.25, 0.3) is 10.8 Å². The van der Waals surface area contributed by atoms with Crippen molar-refractivity contribution < 1.29 is 18.8 Å². The van der Waals surface area contributed by atoms with E-state index < -0.39 is 17.5 Å². The number of aromatic nitrogens is 1. The monoisotopic (exact) mass is 224 g/mol. The van der Waals surface area contributed by atoms with E-state index in [1.807, 2.05) is 0 Å². The summed E-state index contributed by atoms with van der Waals surface area (Å²) in [6.45, 7) is 0. The van der Waals surface area contributed by atoms with Crippen molar-refractivity contribution in [2.45, 2.75) is 0 Å². The van der Waals surface area contributed by atoms with Crippen LogP contribution in [0.1, 0.15) is 10.5 Å². The van der Waals surface area contributed by atoms with Gasteiger partial charge in [0.05, 0.1) is 0 Å². The van der Waals surface area contributed by atoms with Crippen LogP contribution in [0.15, 0.2) is 24.4 Å². The Morgan fingerprint density at radius 2 is 2.06 bits per heavy atom. The number of carbonyl (C=O) groups excluding carboxylic acids is 1. The van der Waals surface area contributed by atoms with Gasteiger partial charge in [-0.3, -0.25) is 15.0 Å². The fraction of sp³-hybridized carbons (Fsp3) is 0. The van der Waals surface area contributed by atoms with Gasteiger partial charge in [0.15, 0.2) is 0 Å². The van der Waals surface area contributed by atoms with Gasteiger partial charge in [-0.15, -0.1) is 0 Å². The number of carbonyl (C=O) groups is 1. The normalized spacial score (nSPS) is 10.4. The van der Waals surface area contributed by atoms with Crippen LogP contribution in [0, 0.1) is 11.6 Å². The summed E-state index contributed by atoms with van der Waals surface area (Å²) in [5.74, 6) is -2.52. The van der Waals surface area contributed by atoms with Crippen molar-refractivity contribution >= 4 is 16.7 Å². The lowest BCUT2D eigenvalue weighted by atomic mass is 10.1. The van der Waals surface area contributed by atoms with Crippen molar-refractivity contribution in [3.05, 3.63) is 41.7 Å². The molecule has 1 aromatic heterocycles. The van der Waals surface area contributed by atoms with E-state index in [2.05, 4.69) is 4.98 Å². The summed E-state index contributed by atoms with van der Waals surface area (Å²) in [4.78, 5) is 14.8. The average molecular weight is 224 g/mol. The topological polar surface area (TPSA) is 62.2 Å². The maximum absolute atomic E-state index is 13.3. The van der Waals surface area contributed by atoms with Crippen molar-refractivity contribution in [3.8, 4) is 0 Å².